The molecule has 0 amide bonds. The molecule has 0 bridgehead atoms. The lowest BCUT2D eigenvalue weighted by Gasteiger charge is -2.41. The van der Waals surface area contributed by atoms with Crippen LogP contribution in [0.3, 0.4) is 0 Å². The minimum absolute atomic E-state index is 0.000240. The van der Waals surface area contributed by atoms with Gasteiger partial charge in [0.25, 0.3) is 0 Å². The molecule has 1 saturated carbocycles. The minimum Gasteiger partial charge on any atom is -0.508 e. The first-order valence-electron chi connectivity index (χ1n) is 10.9. The van der Waals surface area contributed by atoms with E-state index in [4.69, 9.17) is 10.5 Å². The lowest BCUT2D eigenvalue weighted by molar-refractivity contribution is -0.143. The minimum atomic E-state index is -0.301. The Bertz CT molecular complexity index is 668. The van der Waals surface area contributed by atoms with Gasteiger partial charge in [0.15, 0.2) is 0 Å². The Morgan fingerprint density at radius 1 is 1.17 bits per heavy atom. The van der Waals surface area contributed by atoms with Crippen molar-refractivity contribution in [3.05, 3.63) is 53.6 Å². The fourth-order valence-electron chi connectivity index (χ4n) is 4.12. The molecule has 0 heterocycles. The van der Waals surface area contributed by atoms with Gasteiger partial charge in [-0.1, -0.05) is 69.0 Å². The summed E-state index contributed by atoms with van der Waals surface area (Å²) in [5.41, 5.74) is 8.21. The van der Waals surface area contributed by atoms with Gasteiger partial charge >= 0.3 is 5.97 Å². The van der Waals surface area contributed by atoms with Crippen LogP contribution in [0, 0.1) is 5.92 Å². The predicted molar refractivity (Wildman–Crippen MR) is 121 cm³/mol. The van der Waals surface area contributed by atoms with Gasteiger partial charge in [-0.15, -0.1) is 0 Å². The Kier molecular flexibility index (Phi) is 10.7. The van der Waals surface area contributed by atoms with E-state index in [0.29, 0.717) is 0 Å². The summed E-state index contributed by atoms with van der Waals surface area (Å²) >= 11 is 0. The van der Waals surface area contributed by atoms with Crippen molar-refractivity contribution in [1.82, 2.24) is 0 Å². The van der Waals surface area contributed by atoms with Gasteiger partial charge in [0.05, 0.1) is 13.0 Å². The maximum atomic E-state index is 12.1. The highest BCUT2D eigenvalue weighted by atomic mass is 16.5. The first kappa shape index (κ1) is 25.0. The summed E-state index contributed by atoms with van der Waals surface area (Å²) in [6.07, 6.45) is 12.6. The SMILES string of the molecule is CC.COC(=O)C(C)/C=C(\C/C=C\C(C)N)C1(c2ccc(O)cc2)CCCCC1. The molecule has 1 aromatic carbocycles. The molecule has 1 fully saturated rings. The molecule has 1 aromatic rings. The first-order valence-corrected chi connectivity index (χ1v) is 10.9. The van der Waals surface area contributed by atoms with Crippen molar-refractivity contribution in [3.63, 3.8) is 0 Å². The van der Waals surface area contributed by atoms with E-state index in [2.05, 4.69) is 12.2 Å². The number of aromatic hydroxyl groups is 1. The molecule has 0 radical (unpaired) electrons. The monoisotopic (exact) mass is 401 g/mol. The van der Waals surface area contributed by atoms with Crippen molar-refractivity contribution in [2.24, 2.45) is 11.7 Å². The number of benzene rings is 1. The predicted octanol–water partition coefficient (Wildman–Crippen LogP) is 5.65. The normalized spacial score (nSPS) is 18.5. The number of phenolic OH excluding ortho intramolecular Hbond substituents is 1. The van der Waals surface area contributed by atoms with Crippen molar-refractivity contribution in [2.45, 2.75) is 77.7 Å². The Balaban J connectivity index is 0.00000204. The molecule has 29 heavy (non-hydrogen) atoms. The zero-order chi connectivity index (χ0) is 21.9. The number of methoxy groups -OCH3 is 1. The Morgan fingerprint density at radius 2 is 1.76 bits per heavy atom. The fourth-order valence-corrected chi connectivity index (χ4v) is 4.12. The van der Waals surface area contributed by atoms with Gasteiger partial charge in [0, 0.05) is 11.5 Å². The molecule has 162 valence electrons. The summed E-state index contributed by atoms with van der Waals surface area (Å²) in [7, 11) is 1.43. The Morgan fingerprint density at radius 3 is 2.28 bits per heavy atom. The molecule has 0 aliphatic heterocycles. The van der Waals surface area contributed by atoms with Crippen molar-refractivity contribution < 1.29 is 14.6 Å². The molecular formula is C25H39NO3. The van der Waals surface area contributed by atoms with Gasteiger partial charge in [-0.25, -0.2) is 0 Å². The van der Waals surface area contributed by atoms with Crippen molar-refractivity contribution in [2.75, 3.05) is 7.11 Å². The Labute approximate surface area is 176 Å². The topological polar surface area (TPSA) is 72.5 Å². The zero-order valence-corrected chi connectivity index (χ0v) is 18.8. The van der Waals surface area contributed by atoms with Crippen LogP contribution in [0.25, 0.3) is 0 Å². The highest BCUT2D eigenvalue weighted by Crippen LogP contribution is 2.47. The molecule has 4 heteroatoms. The molecule has 2 unspecified atom stereocenters. The summed E-state index contributed by atoms with van der Waals surface area (Å²) < 4.78 is 4.94. The second-order valence-corrected chi connectivity index (χ2v) is 7.68. The van der Waals surface area contributed by atoms with Crippen LogP contribution in [0.5, 0.6) is 5.75 Å². The van der Waals surface area contributed by atoms with Crippen molar-refractivity contribution in [1.29, 1.82) is 0 Å². The molecule has 3 N–H and O–H groups in total. The number of rotatable bonds is 7. The highest BCUT2D eigenvalue weighted by Gasteiger charge is 2.37. The molecule has 0 spiro atoms. The molecule has 0 saturated heterocycles. The number of esters is 1. The van der Waals surface area contributed by atoms with E-state index < -0.39 is 0 Å². The van der Waals surface area contributed by atoms with Gasteiger partial charge < -0.3 is 15.6 Å². The number of hydrogen-bond acceptors (Lipinski definition) is 4. The third-order valence-electron chi connectivity index (χ3n) is 5.54. The number of allylic oxidation sites excluding steroid dienone is 2. The second kappa shape index (κ2) is 12.5. The van der Waals surface area contributed by atoms with E-state index in [1.165, 1.54) is 24.7 Å². The second-order valence-electron chi connectivity index (χ2n) is 7.68. The van der Waals surface area contributed by atoms with Gasteiger partial charge in [0.2, 0.25) is 0 Å². The maximum Gasteiger partial charge on any atom is 0.312 e. The van der Waals surface area contributed by atoms with Gasteiger partial charge in [-0.05, 0) is 50.8 Å². The summed E-state index contributed by atoms with van der Waals surface area (Å²) in [5, 5.41) is 9.73. The quantitative estimate of drug-likeness (QED) is 0.457. The molecular weight excluding hydrogens is 362 g/mol. The van der Waals surface area contributed by atoms with E-state index in [-0.39, 0.29) is 29.1 Å². The maximum absolute atomic E-state index is 12.1. The number of carbonyl (C=O) groups is 1. The van der Waals surface area contributed by atoms with Crippen LogP contribution < -0.4 is 5.73 Å². The highest BCUT2D eigenvalue weighted by molar-refractivity contribution is 5.74. The van der Waals surface area contributed by atoms with Crippen LogP contribution in [0.2, 0.25) is 0 Å². The molecule has 1 aliphatic carbocycles. The van der Waals surface area contributed by atoms with Crippen LogP contribution in [-0.2, 0) is 14.9 Å². The van der Waals surface area contributed by atoms with Crippen molar-refractivity contribution in [3.8, 4) is 5.75 Å². The first-order chi connectivity index (χ1) is 13.9. The summed E-state index contributed by atoms with van der Waals surface area (Å²) in [4.78, 5) is 12.1. The van der Waals surface area contributed by atoms with E-state index in [1.54, 1.807) is 12.1 Å². The largest absolute Gasteiger partial charge is 0.508 e. The van der Waals surface area contributed by atoms with Gasteiger partial charge in [0.1, 0.15) is 5.75 Å². The third kappa shape index (κ3) is 7.04. The van der Waals surface area contributed by atoms with Crippen LogP contribution in [0.1, 0.15) is 71.8 Å². The number of ether oxygens (including phenoxy) is 1. The fraction of sp³-hybridized carbons (Fsp3) is 0.560. The van der Waals surface area contributed by atoms with Crippen LogP contribution in [0.4, 0.5) is 0 Å². The molecule has 0 aromatic heterocycles. The lowest BCUT2D eigenvalue weighted by atomic mass is 9.63. The van der Waals surface area contributed by atoms with E-state index >= 15 is 0 Å². The average molecular weight is 402 g/mol. The molecule has 2 rings (SSSR count). The Hall–Kier alpha value is -2.07. The van der Waals surface area contributed by atoms with Crippen molar-refractivity contribution >= 4 is 5.97 Å². The van der Waals surface area contributed by atoms with Crippen LogP contribution in [0.15, 0.2) is 48.1 Å². The number of nitrogens with two attached hydrogens (primary N) is 1. The van der Waals surface area contributed by atoms with Crippen LogP contribution in [-0.4, -0.2) is 24.2 Å². The summed E-state index contributed by atoms with van der Waals surface area (Å²) in [6, 6.07) is 7.55. The van der Waals surface area contributed by atoms with Crippen LogP contribution >= 0.6 is 0 Å². The lowest BCUT2D eigenvalue weighted by Crippen LogP contribution is -2.32. The molecule has 1 aliphatic rings. The average Bonchev–Trinajstić information content (AvgIpc) is 2.74. The van der Waals surface area contributed by atoms with E-state index in [1.807, 2.05) is 45.9 Å². The molecule has 2 atom stereocenters. The third-order valence-corrected chi connectivity index (χ3v) is 5.54. The molecule has 4 nitrogen and oxygen atoms in total. The van der Waals surface area contributed by atoms with E-state index in [0.717, 1.165) is 32.1 Å². The number of carbonyl (C=O) groups excluding carboxylic acids is 1. The summed E-state index contributed by atoms with van der Waals surface area (Å²) in [5.74, 6) is -0.250. The van der Waals surface area contributed by atoms with Gasteiger partial charge in [-0.2, -0.15) is 0 Å². The zero-order valence-electron chi connectivity index (χ0n) is 18.8. The standard InChI is InChI=1S/C23H33NO3.C2H6/c1-17(22(26)27-3)16-20(9-7-8-18(2)24)23(14-5-4-6-15-23)19-10-12-21(25)13-11-19;1-2/h7-8,10-13,16-18,25H,4-6,9,14-15,24H2,1-3H3;1-2H3/b8-7-,20-16+;. The van der Waals surface area contributed by atoms with Gasteiger partial charge in [-0.3, -0.25) is 4.79 Å². The number of hydrogen-bond donors (Lipinski definition) is 2. The smallest absolute Gasteiger partial charge is 0.312 e. The summed E-state index contributed by atoms with van der Waals surface area (Å²) in [6.45, 7) is 7.84. The number of phenols is 1. The van der Waals surface area contributed by atoms with E-state index in [9.17, 15) is 9.90 Å².